The number of ketones is 1. The van der Waals surface area contributed by atoms with Crippen molar-refractivity contribution in [2.75, 3.05) is 4.90 Å². The Hall–Kier alpha value is -3.57. The van der Waals surface area contributed by atoms with E-state index in [2.05, 4.69) is 0 Å². The van der Waals surface area contributed by atoms with Crippen molar-refractivity contribution in [3.05, 3.63) is 100 Å². The number of rotatable bonds is 5. The third kappa shape index (κ3) is 4.37. The highest BCUT2D eigenvalue weighted by atomic mass is 35.5. The molecule has 0 bridgehead atoms. The Morgan fingerprint density at radius 3 is 2.30 bits per heavy atom. The molecule has 0 aliphatic carbocycles. The maximum atomic E-state index is 13.2. The number of hydrogen-bond donors (Lipinski definition) is 1. The molecule has 0 radical (unpaired) electrons. The van der Waals surface area contributed by atoms with Crippen LogP contribution in [0.4, 0.5) is 5.69 Å². The summed E-state index contributed by atoms with van der Waals surface area (Å²) in [5.41, 5.74) is 2.48. The predicted molar refractivity (Wildman–Crippen MR) is 130 cm³/mol. The number of hydrogen-bond acceptors (Lipinski definition) is 4. The van der Waals surface area contributed by atoms with Crippen LogP contribution in [0, 0.1) is 6.92 Å². The Balaban J connectivity index is 1.88. The van der Waals surface area contributed by atoms with E-state index in [-0.39, 0.29) is 17.4 Å². The van der Waals surface area contributed by atoms with Crippen LogP contribution in [0.25, 0.3) is 5.76 Å². The molecular weight excluding hydrogens is 438 g/mol. The number of anilines is 1. The number of amides is 1. The van der Waals surface area contributed by atoms with Gasteiger partial charge in [0.05, 0.1) is 17.7 Å². The van der Waals surface area contributed by atoms with Gasteiger partial charge in [-0.1, -0.05) is 48.0 Å². The monoisotopic (exact) mass is 461 g/mol. The van der Waals surface area contributed by atoms with E-state index in [1.807, 2.05) is 51.1 Å². The number of ether oxygens (including phenoxy) is 1. The molecule has 1 heterocycles. The Kier molecular flexibility index (Phi) is 6.25. The third-order valence-corrected chi connectivity index (χ3v) is 5.73. The van der Waals surface area contributed by atoms with Gasteiger partial charge in [0, 0.05) is 16.3 Å². The van der Waals surface area contributed by atoms with Gasteiger partial charge in [-0.25, -0.2) is 0 Å². The second-order valence-corrected chi connectivity index (χ2v) is 8.64. The molecule has 3 aromatic rings. The maximum absolute atomic E-state index is 13.2. The molecule has 33 heavy (non-hydrogen) atoms. The molecule has 3 aromatic carbocycles. The summed E-state index contributed by atoms with van der Waals surface area (Å²) in [5, 5.41) is 11.7. The zero-order chi connectivity index (χ0) is 23.7. The standard InChI is InChI=1S/C27H24ClNO4/c1-16(2)33-21-13-10-19(11-14-21)25(30)23-24(18-7-5-4-6-8-18)29(27(32)26(23)31)22-15-20(28)12-9-17(22)3/h4-16,24,30H,1-3H3/b25-23+. The quantitative estimate of drug-likeness (QED) is 0.285. The highest BCUT2D eigenvalue weighted by molar-refractivity contribution is 6.52. The lowest BCUT2D eigenvalue weighted by atomic mass is 9.95. The van der Waals surface area contributed by atoms with Gasteiger partial charge in [0.25, 0.3) is 11.7 Å². The molecule has 0 spiro atoms. The fourth-order valence-electron chi connectivity index (χ4n) is 3.99. The minimum atomic E-state index is -0.796. The van der Waals surface area contributed by atoms with Crippen LogP contribution < -0.4 is 9.64 Å². The fraction of sp³-hybridized carbons (Fsp3) is 0.185. The van der Waals surface area contributed by atoms with Crippen LogP contribution in [0.3, 0.4) is 0 Å². The smallest absolute Gasteiger partial charge is 0.300 e. The van der Waals surface area contributed by atoms with Crippen LogP contribution in [0.15, 0.2) is 78.4 Å². The van der Waals surface area contributed by atoms with E-state index >= 15 is 0 Å². The van der Waals surface area contributed by atoms with E-state index in [1.54, 1.807) is 42.5 Å². The highest BCUT2D eigenvalue weighted by Gasteiger charge is 2.47. The van der Waals surface area contributed by atoms with Gasteiger partial charge in [-0.05, 0) is 68.3 Å². The van der Waals surface area contributed by atoms with Crippen molar-refractivity contribution < 1.29 is 19.4 Å². The van der Waals surface area contributed by atoms with Gasteiger partial charge in [0.1, 0.15) is 11.5 Å². The molecule has 1 aliphatic rings. The van der Waals surface area contributed by atoms with Gasteiger partial charge < -0.3 is 9.84 Å². The lowest BCUT2D eigenvalue weighted by Crippen LogP contribution is -2.30. The Morgan fingerprint density at radius 1 is 1.00 bits per heavy atom. The molecular formula is C27H24ClNO4. The first-order valence-corrected chi connectivity index (χ1v) is 11.0. The highest BCUT2D eigenvalue weighted by Crippen LogP contribution is 2.43. The van der Waals surface area contributed by atoms with Crippen LogP contribution in [0.2, 0.25) is 5.02 Å². The number of aliphatic hydroxyl groups excluding tert-OH is 1. The first-order chi connectivity index (χ1) is 15.8. The number of carbonyl (C=O) groups is 2. The molecule has 1 atom stereocenters. The van der Waals surface area contributed by atoms with Gasteiger partial charge in [-0.2, -0.15) is 0 Å². The fourth-order valence-corrected chi connectivity index (χ4v) is 4.16. The second-order valence-electron chi connectivity index (χ2n) is 8.20. The largest absolute Gasteiger partial charge is 0.507 e. The lowest BCUT2D eigenvalue weighted by molar-refractivity contribution is -0.132. The Bertz CT molecular complexity index is 1230. The molecule has 5 nitrogen and oxygen atoms in total. The number of aliphatic hydroxyl groups is 1. The molecule has 0 saturated carbocycles. The summed E-state index contributed by atoms with van der Waals surface area (Å²) in [7, 11) is 0. The minimum Gasteiger partial charge on any atom is -0.507 e. The van der Waals surface area contributed by atoms with Gasteiger partial charge >= 0.3 is 0 Å². The molecule has 1 saturated heterocycles. The molecule has 1 N–H and O–H groups in total. The van der Waals surface area contributed by atoms with E-state index < -0.39 is 17.7 Å². The van der Waals surface area contributed by atoms with E-state index in [0.29, 0.717) is 27.6 Å². The normalized spacial score (nSPS) is 17.6. The minimum absolute atomic E-state index is 0.00814. The molecule has 4 rings (SSSR count). The van der Waals surface area contributed by atoms with E-state index in [9.17, 15) is 14.7 Å². The van der Waals surface area contributed by atoms with E-state index in [4.69, 9.17) is 16.3 Å². The van der Waals surface area contributed by atoms with Gasteiger partial charge in [0.15, 0.2) is 0 Å². The van der Waals surface area contributed by atoms with Crippen LogP contribution in [0.5, 0.6) is 5.75 Å². The first kappa shape index (κ1) is 22.6. The number of halogens is 1. The van der Waals surface area contributed by atoms with Crippen LogP contribution in [0.1, 0.15) is 36.6 Å². The molecule has 1 aliphatic heterocycles. The van der Waals surface area contributed by atoms with Crippen molar-refractivity contribution >= 4 is 34.7 Å². The molecule has 168 valence electrons. The summed E-state index contributed by atoms with van der Waals surface area (Å²) in [5.74, 6) is -1.05. The third-order valence-electron chi connectivity index (χ3n) is 5.49. The number of nitrogens with zero attached hydrogens (tertiary/aromatic N) is 1. The van der Waals surface area contributed by atoms with E-state index in [0.717, 1.165) is 5.56 Å². The van der Waals surface area contributed by atoms with Gasteiger partial charge in [-0.15, -0.1) is 0 Å². The van der Waals surface area contributed by atoms with Crippen molar-refractivity contribution in [3.8, 4) is 5.75 Å². The molecule has 0 aromatic heterocycles. The van der Waals surface area contributed by atoms with Crippen molar-refractivity contribution in [1.82, 2.24) is 0 Å². The summed E-state index contributed by atoms with van der Waals surface area (Å²) >= 11 is 6.22. The zero-order valence-corrected chi connectivity index (χ0v) is 19.3. The van der Waals surface area contributed by atoms with Crippen molar-refractivity contribution in [3.63, 3.8) is 0 Å². The second kappa shape index (κ2) is 9.12. The summed E-state index contributed by atoms with van der Waals surface area (Å²) in [6, 6.07) is 20.4. The number of carbonyl (C=O) groups excluding carboxylic acids is 2. The van der Waals surface area contributed by atoms with Crippen molar-refractivity contribution in [2.45, 2.75) is 32.9 Å². The predicted octanol–water partition coefficient (Wildman–Crippen LogP) is 6.06. The summed E-state index contributed by atoms with van der Waals surface area (Å²) < 4.78 is 5.66. The van der Waals surface area contributed by atoms with Crippen LogP contribution in [-0.2, 0) is 9.59 Å². The SMILES string of the molecule is Cc1ccc(Cl)cc1N1C(=O)C(=O)/C(=C(/O)c2ccc(OC(C)C)cc2)C1c1ccccc1. The number of aryl methyl sites for hydroxylation is 1. The average molecular weight is 462 g/mol. The number of Topliss-reactive ketones (excluding diaryl/α,β-unsaturated/α-hetero) is 1. The average Bonchev–Trinajstić information content (AvgIpc) is 3.06. The first-order valence-electron chi connectivity index (χ1n) is 10.7. The van der Waals surface area contributed by atoms with Crippen LogP contribution in [-0.4, -0.2) is 22.9 Å². The molecule has 1 fully saturated rings. The maximum Gasteiger partial charge on any atom is 0.300 e. The van der Waals surface area contributed by atoms with Crippen molar-refractivity contribution in [2.24, 2.45) is 0 Å². The van der Waals surface area contributed by atoms with Crippen LogP contribution >= 0.6 is 11.6 Å². The van der Waals surface area contributed by atoms with Gasteiger partial charge in [-0.3, -0.25) is 14.5 Å². The molecule has 6 heteroatoms. The van der Waals surface area contributed by atoms with Gasteiger partial charge in [0.2, 0.25) is 0 Å². The zero-order valence-electron chi connectivity index (χ0n) is 18.6. The van der Waals surface area contributed by atoms with Crippen molar-refractivity contribution in [1.29, 1.82) is 0 Å². The summed E-state index contributed by atoms with van der Waals surface area (Å²) in [6.45, 7) is 5.69. The summed E-state index contributed by atoms with van der Waals surface area (Å²) in [6.07, 6.45) is 0.00814. The van der Waals surface area contributed by atoms with E-state index in [1.165, 1.54) is 4.90 Å². The topological polar surface area (TPSA) is 66.8 Å². The lowest BCUT2D eigenvalue weighted by Gasteiger charge is -2.27. The summed E-state index contributed by atoms with van der Waals surface area (Å²) in [4.78, 5) is 27.9. The Labute approximate surface area is 197 Å². The molecule has 1 unspecified atom stereocenters. The molecule has 1 amide bonds. The Morgan fingerprint density at radius 2 is 1.67 bits per heavy atom. The number of benzene rings is 3.